The van der Waals surface area contributed by atoms with Crippen molar-refractivity contribution in [3.05, 3.63) is 42.0 Å². The number of anilines is 1. The minimum Gasteiger partial charge on any atom is -0.299 e. The number of benzene rings is 1. The number of allylic oxidation sites excluding steroid dienone is 1. The van der Waals surface area contributed by atoms with E-state index in [1.54, 1.807) is 0 Å². The van der Waals surface area contributed by atoms with Gasteiger partial charge in [0.1, 0.15) is 5.57 Å². The number of carbonyl (C=O) groups excluding carboxylic acids is 2. The summed E-state index contributed by atoms with van der Waals surface area (Å²) in [5, 5.41) is 8.54. The lowest BCUT2D eigenvalue weighted by molar-refractivity contribution is -0.123. The topological polar surface area (TPSA) is 82.6 Å². The third-order valence-corrected chi connectivity index (χ3v) is 2.43. The van der Waals surface area contributed by atoms with Gasteiger partial charge in [-0.15, -0.1) is 0 Å². The Hall–Kier alpha value is -2.54. The Bertz CT molecular complexity index is 559. The maximum absolute atomic E-state index is 11.5. The van der Waals surface area contributed by atoms with Crippen LogP contribution in [0, 0.1) is 0 Å². The van der Waals surface area contributed by atoms with Crippen molar-refractivity contribution in [2.75, 3.05) is 5.43 Å². The van der Waals surface area contributed by atoms with E-state index >= 15 is 0 Å². The van der Waals surface area contributed by atoms with E-state index < -0.39 is 11.8 Å². The first-order valence-corrected chi connectivity index (χ1v) is 5.79. The summed E-state index contributed by atoms with van der Waals surface area (Å²) in [7, 11) is 0. The molecule has 2 amide bonds. The van der Waals surface area contributed by atoms with Gasteiger partial charge in [0, 0.05) is 6.21 Å². The lowest BCUT2D eigenvalue weighted by Crippen LogP contribution is -2.51. The standard InChI is InChI=1S/C12H10N4O2S/c17-10-9(11(18)15-12(19)14-10)6-7-13-16-8-4-2-1-3-5-8/h1-7,16H,(H2,14,15,17,18,19)/b13-7+. The molecule has 96 valence electrons. The molecule has 1 fully saturated rings. The van der Waals surface area contributed by atoms with E-state index in [2.05, 4.69) is 33.4 Å². The number of thiocarbonyl (C=S) groups is 1. The van der Waals surface area contributed by atoms with Gasteiger partial charge in [-0.1, -0.05) is 18.2 Å². The Morgan fingerprint density at radius 2 is 1.74 bits per heavy atom. The van der Waals surface area contributed by atoms with Gasteiger partial charge in [-0.05, 0) is 30.4 Å². The summed E-state index contributed by atoms with van der Waals surface area (Å²) < 4.78 is 0. The molecule has 2 rings (SSSR count). The third-order valence-electron chi connectivity index (χ3n) is 2.23. The third kappa shape index (κ3) is 3.46. The van der Waals surface area contributed by atoms with Gasteiger partial charge in [0.15, 0.2) is 5.11 Å². The van der Waals surface area contributed by atoms with Crippen molar-refractivity contribution >= 4 is 41.0 Å². The lowest BCUT2D eigenvalue weighted by atomic mass is 10.2. The van der Waals surface area contributed by atoms with Crippen LogP contribution in [0.25, 0.3) is 0 Å². The highest BCUT2D eigenvalue weighted by molar-refractivity contribution is 7.80. The molecule has 0 atom stereocenters. The molecular weight excluding hydrogens is 264 g/mol. The maximum Gasteiger partial charge on any atom is 0.263 e. The predicted molar refractivity (Wildman–Crippen MR) is 75.5 cm³/mol. The molecule has 1 aliphatic rings. The van der Waals surface area contributed by atoms with E-state index in [-0.39, 0.29) is 10.7 Å². The minimum absolute atomic E-state index is 0.00602. The van der Waals surface area contributed by atoms with Crippen molar-refractivity contribution in [1.82, 2.24) is 10.6 Å². The van der Waals surface area contributed by atoms with Crippen LogP contribution in [0.15, 0.2) is 47.1 Å². The minimum atomic E-state index is -0.542. The van der Waals surface area contributed by atoms with Crippen molar-refractivity contribution < 1.29 is 9.59 Å². The number of nitrogens with zero attached hydrogens (tertiary/aromatic N) is 1. The van der Waals surface area contributed by atoms with Gasteiger partial charge < -0.3 is 0 Å². The van der Waals surface area contributed by atoms with Gasteiger partial charge in [0.05, 0.1) is 5.69 Å². The summed E-state index contributed by atoms with van der Waals surface area (Å²) in [5.74, 6) is -1.08. The number of hydrogen-bond donors (Lipinski definition) is 3. The number of para-hydroxylation sites is 1. The average Bonchev–Trinajstić information content (AvgIpc) is 2.38. The molecule has 0 unspecified atom stereocenters. The molecule has 1 aromatic rings. The van der Waals surface area contributed by atoms with E-state index in [4.69, 9.17) is 0 Å². The van der Waals surface area contributed by atoms with Crippen molar-refractivity contribution in [3.63, 3.8) is 0 Å². The molecule has 3 N–H and O–H groups in total. The normalized spacial score (nSPS) is 15.2. The Morgan fingerprint density at radius 3 is 2.37 bits per heavy atom. The number of hydrogen-bond acceptors (Lipinski definition) is 5. The molecule has 7 heteroatoms. The molecule has 0 spiro atoms. The molecule has 6 nitrogen and oxygen atoms in total. The van der Waals surface area contributed by atoms with Crippen LogP contribution in [0.4, 0.5) is 5.69 Å². The van der Waals surface area contributed by atoms with Crippen LogP contribution < -0.4 is 16.1 Å². The zero-order valence-corrected chi connectivity index (χ0v) is 10.5. The van der Waals surface area contributed by atoms with E-state index in [0.29, 0.717) is 0 Å². The second kappa shape index (κ2) is 5.87. The second-order valence-corrected chi connectivity index (χ2v) is 3.98. The number of rotatable bonds is 3. The molecule has 0 saturated carbocycles. The molecule has 1 saturated heterocycles. The monoisotopic (exact) mass is 274 g/mol. The van der Waals surface area contributed by atoms with Gasteiger partial charge in [-0.25, -0.2) is 0 Å². The van der Waals surface area contributed by atoms with Crippen LogP contribution in [-0.2, 0) is 9.59 Å². The zero-order chi connectivity index (χ0) is 13.7. The first kappa shape index (κ1) is 12.9. The van der Waals surface area contributed by atoms with Crippen LogP contribution in [0.3, 0.4) is 0 Å². The van der Waals surface area contributed by atoms with Crippen LogP contribution >= 0.6 is 12.2 Å². The highest BCUT2D eigenvalue weighted by atomic mass is 32.1. The van der Waals surface area contributed by atoms with E-state index in [1.807, 2.05) is 30.3 Å². The second-order valence-electron chi connectivity index (χ2n) is 3.57. The van der Waals surface area contributed by atoms with Gasteiger partial charge in [0.2, 0.25) is 0 Å². The molecule has 0 radical (unpaired) electrons. The highest BCUT2D eigenvalue weighted by Crippen LogP contribution is 2.04. The number of hydrazone groups is 1. The summed E-state index contributed by atoms with van der Waals surface area (Å²) in [4.78, 5) is 22.9. The van der Waals surface area contributed by atoms with E-state index in [1.165, 1.54) is 12.3 Å². The molecular formula is C12H10N4O2S. The average molecular weight is 274 g/mol. The SMILES string of the molecule is O=C1NC(=S)NC(=O)C1=C/C=N/Nc1ccccc1. The quantitative estimate of drug-likeness (QED) is 0.247. The van der Waals surface area contributed by atoms with Crippen molar-refractivity contribution in [1.29, 1.82) is 0 Å². The Kier molecular flexibility index (Phi) is 3.99. The largest absolute Gasteiger partial charge is 0.299 e. The predicted octanol–water partition coefficient (Wildman–Crippen LogP) is 0.542. The van der Waals surface area contributed by atoms with Crippen molar-refractivity contribution in [3.8, 4) is 0 Å². The molecule has 1 aliphatic heterocycles. The van der Waals surface area contributed by atoms with Crippen LogP contribution in [0.5, 0.6) is 0 Å². The summed E-state index contributed by atoms with van der Waals surface area (Å²) in [5.41, 5.74) is 3.51. The Morgan fingerprint density at radius 1 is 1.11 bits per heavy atom. The zero-order valence-electron chi connectivity index (χ0n) is 9.71. The van der Waals surface area contributed by atoms with Crippen molar-refractivity contribution in [2.45, 2.75) is 0 Å². The highest BCUT2D eigenvalue weighted by Gasteiger charge is 2.24. The van der Waals surface area contributed by atoms with E-state index in [0.717, 1.165) is 5.69 Å². The number of nitrogens with one attached hydrogen (secondary N) is 3. The maximum atomic E-state index is 11.5. The molecule has 0 bridgehead atoms. The number of amides is 2. The van der Waals surface area contributed by atoms with Crippen LogP contribution in [-0.4, -0.2) is 23.1 Å². The van der Waals surface area contributed by atoms with E-state index in [9.17, 15) is 9.59 Å². The summed E-state index contributed by atoms with van der Waals surface area (Å²) >= 11 is 4.67. The first-order valence-electron chi connectivity index (χ1n) is 5.38. The Labute approximate surface area is 114 Å². The van der Waals surface area contributed by atoms with Gasteiger partial charge in [-0.3, -0.25) is 25.6 Å². The fraction of sp³-hybridized carbons (Fsp3) is 0. The summed E-state index contributed by atoms with van der Waals surface area (Å²) in [6, 6.07) is 9.28. The lowest BCUT2D eigenvalue weighted by Gasteiger charge is -2.15. The molecule has 1 heterocycles. The van der Waals surface area contributed by atoms with Gasteiger partial charge in [-0.2, -0.15) is 5.10 Å². The van der Waals surface area contributed by atoms with Crippen LogP contribution in [0.1, 0.15) is 0 Å². The van der Waals surface area contributed by atoms with Crippen LogP contribution in [0.2, 0.25) is 0 Å². The molecule has 0 aromatic heterocycles. The van der Waals surface area contributed by atoms with Gasteiger partial charge in [0.25, 0.3) is 11.8 Å². The van der Waals surface area contributed by atoms with Crippen molar-refractivity contribution in [2.24, 2.45) is 5.10 Å². The fourth-order valence-electron chi connectivity index (χ4n) is 1.36. The first-order chi connectivity index (χ1) is 9.16. The molecule has 19 heavy (non-hydrogen) atoms. The summed E-state index contributed by atoms with van der Waals surface area (Å²) in [6.45, 7) is 0. The molecule has 0 aliphatic carbocycles. The fourth-order valence-corrected chi connectivity index (χ4v) is 1.55. The van der Waals surface area contributed by atoms with Gasteiger partial charge >= 0.3 is 0 Å². The molecule has 1 aromatic carbocycles. The smallest absolute Gasteiger partial charge is 0.263 e. The summed E-state index contributed by atoms with van der Waals surface area (Å²) in [6.07, 6.45) is 2.64. The number of carbonyl (C=O) groups is 2. The Balaban J connectivity index is 2.00.